The molecule has 3 N–H and O–H groups in total. The number of hydrogen-bond donors (Lipinski definition) is 2. The topological polar surface area (TPSA) is 108 Å². The van der Waals surface area contributed by atoms with Crippen LogP contribution in [-0.4, -0.2) is 26.6 Å². The third-order valence-corrected chi connectivity index (χ3v) is 6.69. The number of hydrogen-bond acceptors (Lipinski definition) is 8. The molecule has 176 valence electrons. The van der Waals surface area contributed by atoms with Crippen molar-refractivity contribution in [3.05, 3.63) is 87.2 Å². The molecule has 1 atom stereocenters. The summed E-state index contributed by atoms with van der Waals surface area (Å²) >= 11 is 7.80. The van der Waals surface area contributed by atoms with Gasteiger partial charge in [0.25, 0.3) is 10.8 Å². The molecule has 0 aliphatic rings. The van der Waals surface area contributed by atoms with E-state index in [0.29, 0.717) is 32.7 Å². The predicted molar refractivity (Wildman–Crippen MR) is 141 cm³/mol. The Labute approximate surface area is 210 Å². The predicted octanol–water partition coefficient (Wildman–Crippen LogP) is 5.32. The maximum atomic E-state index is 13.7. The van der Waals surface area contributed by atoms with Gasteiger partial charge in [0.2, 0.25) is 5.95 Å². The molecule has 0 aliphatic heterocycles. The molecule has 3 heterocycles. The molecular formula is C25H21ClN6O2S. The van der Waals surface area contributed by atoms with Gasteiger partial charge in [-0.2, -0.15) is 4.98 Å². The van der Waals surface area contributed by atoms with Crippen LogP contribution in [0, 0.1) is 0 Å². The molecule has 0 fully saturated rings. The minimum Gasteiger partial charge on any atom is -0.473 e. The van der Waals surface area contributed by atoms with Gasteiger partial charge in [-0.25, -0.2) is 9.97 Å². The third-order valence-electron chi connectivity index (χ3n) is 5.58. The van der Waals surface area contributed by atoms with Crippen molar-refractivity contribution in [2.24, 2.45) is 0 Å². The van der Waals surface area contributed by atoms with Crippen LogP contribution in [0.5, 0.6) is 5.19 Å². The Morgan fingerprint density at radius 1 is 1.14 bits per heavy atom. The molecule has 35 heavy (non-hydrogen) atoms. The number of nitrogens with one attached hydrogen (secondary N) is 1. The third kappa shape index (κ3) is 4.31. The first-order valence-corrected chi connectivity index (χ1v) is 12.0. The van der Waals surface area contributed by atoms with Crippen molar-refractivity contribution in [2.75, 3.05) is 18.2 Å². The monoisotopic (exact) mass is 504 g/mol. The van der Waals surface area contributed by atoms with Crippen molar-refractivity contribution in [3.8, 4) is 22.1 Å². The molecule has 1 unspecified atom stereocenters. The fourth-order valence-corrected chi connectivity index (χ4v) is 4.85. The van der Waals surface area contributed by atoms with Crippen molar-refractivity contribution in [1.29, 1.82) is 0 Å². The van der Waals surface area contributed by atoms with Gasteiger partial charge in [0.15, 0.2) is 0 Å². The van der Waals surface area contributed by atoms with Gasteiger partial charge in [0, 0.05) is 23.0 Å². The fraction of sp³-hybridized carbons (Fsp3) is 0.120. The number of anilines is 2. The Morgan fingerprint density at radius 3 is 2.69 bits per heavy atom. The average molecular weight is 505 g/mol. The van der Waals surface area contributed by atoms with E-state index in [1.807, 2.05) is 60.8 Å². The minimum absolute atomic E-state index is 0.122. The maximum absolute atomic E-state index is 13.7. The first-order valence-electron chi connectivity index (χ1n) is 10.7. The summed E-state index contributed by atoms with van der Waals surface area (Å²) in [5.74, 6) is 0.618. The number of aromatic nitrogens is 4. The lowest BCUT2D eigenvalue weighted by Gasteiger charge is -2.22. The Kier molecular flexibility index (Phi) is 6.10. The number of fused-ring (bicyclic) bond motifs is 1. The van der Waals surface area contributed by atoms with Crippen LogP contribution in [0.25, 0.3) is 27.7 Å². The van der Waals surface area contributed by atoms with Gasteiger partial charge < -0.3 is 15.8 Å². The number of thiazole rings is 1. The highest BCUT2D eigenvalue weighted by Gasteiger charge is 2.20. The summed E-state index contributed by atoms with van der Waals surface area (Å²) in [6, 6.07) is 16.5. The van der Waals surface area contributed by atoms with Crippen LogP contribution in [0.3, 0.4) is 0 Å². The highest BCUT2D eigenvalue weighted by molar-refractivity contribution is 7.11. The summed E-state index contributed by atoms with van der Waals surface area (Å²) in [5, 5.41) is 7.43. The van der Waals surface area contributed by atoms with E-state index in [0.717, 1.165) is 16.8 Å². The highest BCUT2D eigenvalue weighted by atomic mass is 35.5. The van der Waals surface area contributed by atoms with E-state index in [4.69, 9.17) is 22.1 Å². The lowest BCUT2D eigenvalue weighted by atomic mass is 10.1. The number of methoxy groups -OCH3 is 1. The molecule has 5 aromatic rings. The van der Waals surface area contributed by atoms with Crippen molar-refractivity contribution in [2.45, 2.75) is 13.0 Å². The van der Waals surface area contributed by atoms with Crippen LogP contribution < -0.4 is 21.3 Å². The zero-order valence-electron chi connectivity index (χ0n) is 18.9. The van der Waals surface area contributed by atoms with E-state index >= 15 is 0 Å². The molecule has 5 rings (SSSR count). The van der Waals surface area contributed by atoms with E-state index < -0.39 is 0 Å². The lowest BCUT2D eigenvalue weighted by Crippen LogP contribution is -2.26. The van der Waals surface area contributed by atoms with E-state index in [-0.39, 0.29) is 17.5 Å². The summed E-state index contributed by atoms with van der Waals surface area (Å²) in [7, 11) is 1.57. The molecule has 0 saturated heterocycles. The molecule has 2 aromatic carbocycles. The lowest BCUT2D eigenvalue weighted by molar-refractivity contribution is 0.412. The van der Waals surface area contributed by atoms with Crippen LogP contribution in [0.4, 0.5) is 11.8 Å². The van der Waals surface area contributed by atoms with Gasteiger partial charge in [-0.1, -0.05) is 53.3 Å². The molecule has 0 bridgehead atoms. The van der Waals surface area contributed by atoms with E-state index in [1.165, 1.54) is 11.3 Å². The molecule has 8 nitrogen and oxygen atoms in total. The molecule has 0 amide bonds. The Hall–Kier alpha value is -3.95. The van der Waals surface area contributed by atoms with Crippen LogP contribution >= 0.6 is 22.9 Å². The SMILES string of the molecule is COc1nc(-c2cnc(N)nc2NC(C)c2cc3cccc(Cl)c3c(=O)n2-c2ccccc2)cs1. The Morgan fingerprint density at radius 2 is 1.94 bits per heavy atom. The van der Waals surface area contributed by atoms with Crippen molar-refractivity contribution < 1.29 is 4.74 Å². The second-order valence-electron chi connectivity index (χ2n) is 7.81. The first-order chi connectivity index (χ1) is 17.0. The smallest absolute Gasteiger partial charge is 0.273 e. The van der Waals surface area contributed by atoms with Crippen LogP contribution in [0.1, 0.15) is 18.7 Å². The van der Waals surface area contributed by atoms with Crippen molar-refractivity contribution in [1.82, 2.24) is 19.5 Å². The molecule has 0 spiro atoms. The number of pyridine rings is 1. The standard InChI is InChI=1S/C25H21ClN6O2S/c1-14(29-22-17(12-28-24(27)31-22)19-13-35-25(30-19)34-2)20-11-15-7-6-10-18(26)21(15)23(33)32(20)16-8-4-3-5-9-16/h3-14H,1-2H3,(H3,27,28,29,31). The van der Waals surface area contributed by atoms with Crippen LogP contribution in [0.2, 0.25) is 5.02 Å². The molecular weight excluding hydrogens is 484 g/mol. The van der Waals surface area contributed by atoms with Crippen molar-refractivity contribution in [3.63, 3.8) is 0 Å². The largest absolute Gasteiger partial charge is 0.473 e. The van der Waals surface area contributed by atoms with Gasteiger partial charge >= 0.3 is 0 Å². The maximum Gasteiger partial charge on any atom is 0.273 e. The fourth-order valence-electron chi connectivity index (χ4n) is 3.95. The van der Waals surface area contributed by atoms with Gasteiger partial charge in [-0.05, 0) is 36.6 Å². The summed E-state index contributed by atoms with van der Waals surface area (Å²) in [6.45, 7) is 1.95. The summed E-state index contributed by atoms with van der Waals surface area (Å²) < 4.78 is 6.90. The molecule has 3 aromatic heterocycles. The van der Waals surface area contributed by atoms with E-state index in [1.54, 1.807) is 23.9 Å². The van der Waals surface area contributed by atoms with Gasteiger partial charge in [-0.15, -0.1) is 0 Å². The second kappa shape index (κ2) is 9.36. The highest BCUT2D eigenvalue weighted by Crippen LogP contribution is 2.33. The van der Waals surface area contributed by atoms with Crippen molar-refractivity contribution >= 4 is 45.5 Å². The number of rotatable bonds is 6. The number of halogens is 1. The van der Waals surface area contributed by atoms with Gasteiger partial charge in [-0.3, -0.25) is 9.36 Å². The average Bonchev–Trinajstić information content (AvgIpc) is 3.33. The van der Waals surface area contributed by atoms with Crippen LogP contribution in [-0.2, 0) is 0 Å². The van der Waals surface area contributed by atoms with E-state index in [2.05, 4.69) is 20.3 Å². The summed E-state index contributed by atoms with van der Waals surface area (Å²) in [5.41, 5.74) is 8.51. The molecule has 0 radical (unpaired) electrons. The number of benzene rings is 2. The number of ether oxygens (including phenoxy) is 1. The minimum atomic E-state index is -0.347. The number of nitrogens with two attached hydrogens (primary N) is 1. The zero-order valence-corrected chi connectivity index (χ0v) is 20.5. The van der Waals surface area contributed by atoms with Crippen LogP contribution in [0.15, 0.2) is 71.0 Å². The second-order valence-corrected chi connectivity index (χ2v) is 9.04. The van der Waals surface area contributed by atoms with Gasteiger partial charge in [0.1, 0.15) is 5.82 Å². The van der Waals surface area contributed by atoms with Gasteiger partial charge in [0.05, 0.1) is 34.8 Å². The zero-order chi connectivity index (χ0) is 24.5. The summed E-state index contributed by atoms with van der Waals surface area (Å²) in [6.07, 6.45) is 1.62. The number of nitrogens with zero attached hydrogens (tertiary/aromatic N) is 4. The van der Waals surface area contributed by atoms with E-state index in [9.17, 15) is 4.79 Å². The first kappa shape index (κ1) is 22.8. The Bertz CT molecular complexity index is 1580. The number of nitrogen functional groups attached to an aromatic ring is 1. The Balaban J connectivity index is 1.65. The summed E-state index contributed by atoms with van der Waals surface area (Å²) in [4.78, 5) is 26.7. The number of para-hydroxylation sites is 1. The molecule has 0 saturated carbocycles. The molecule has 0 aliphatic carbocycles. The quantitative estimate of drug-likeness (QED) is 0.322. The molecule has 10 heteroatoms. The normalized spacial score (nSPS) is 12.0.